The maximum Gasteiger partial charge on any atom is 0.206 e. The van der Waals surface area contributed by atoms with Gasteiger partial charge in [-0.25, -0.2) is 0 Å². The summed E-state index contributed by atoms with van der Waals surface area (Å²) in [6.07, 6.45) is 4.77. The topological polar surface area (TPSA) is 110 Å². The minimum Gasteiger partial charge on any atom is -0.508 e. The summed E-state index contributed by atoms with van der Waals surface area (Å²) in [5.41, 5.74) is 4.39. The second-order valence-electron chi connectivity index (χ2n) is 9.87. The van der Waals surface area contributed by atoms with Crippen LogP contribution in [0.1, 0.15) is 10.4 Å². The summed E-state index contributed by atoms with van der Waals surface area (Å²) in [4.78, 5) is 19.6. The van der Waals surface area contributed by atoms with Crippen LogP contribution in [0, 0.1) is 22.9 Å². The van der Waals surface area contributed by atoms with E-state index in [1.807, 2.05) is 85.2 Å². The molecule has 190 valence electrons. The largest absolute Gasteiger partial charge is 0.508 e. The molecule has 0 radical (unpaired) electrons. The van der Waals surface area contributed by atoms with Crippen molar-refractivity contribution in [1.29, 1.82) is 10.5 Å². The van der Waals surface area contributed by atoms with E-state index in [4.69, 9.17) is 0 Å². The van der Waals surface area contributed by atoms with Crippen LogP contribution in [-0.4, -0.2) is 11.4 Å². The van der Waals surface area contributed by atoms with E-state index in [1.165, 1.54) is 0 Å². The maximum atomic E-state index is 11.1. The van der Waals surface area contributed by atoms with Gasteiger partial charge in [0.2, 0.25) is 12.4 Å². The molecule has 0 aliphatic rings. The first-order valence-electron chi connectivity index (χ1n) is 12.9. The first kappa shape index (κ1) is 24.0. The normalized spacial score (nSPS) is 12.3. The molecule has 6 nitrogen and oxygen atoms in total. The number of benzene rings is 5. The van der Waals surface area contributed by atoms with Gasteiger partial charge in [0, 0.05) is 27.1 Å². The average Bonchev–Trinajstić information content (AvgIpc) is 3.48. The molecule has 7 rings (SSSR count). The Hall–Kier alpha value is -6.11. The number of rotatable bonds is 3. The first-order valence-corrected chi connectivity index (χ1v) is 12.9. The molecule has 0 aliphatic carbocycles. The van der Waals surface area contributed by atoms with Crippen LogP contribution in [-0.2, 0) is 0 Å². The number of nitrogens with zero attached hydrogens (tertiary/aromatic N) is 4. The summed E-state index contributed by atoms with van der Waals surface area (Å²) in [6, 6.07) is 30.5. The van der Waals surface area contributed by atoms with Crippen molar-refractivity contribution in [2.75, 3.05) is 0 Å². The van der Waals surface area contributed by atoms with Gasteiger partial charge in [-0.1, -0.05) is 60.7 Å². The number of fused-ring (bicyclic) bond motifs is 6. The summed E-state index contributed by atoms with van der Waals surface area (Å²) >= 11 is 0. The summed E-state index contributed by atoms with van der Waals surface area (Å²) in [7, 11) is 0. The van der Waals surface area contributed by atoms with Gasteiger partial charge in [0.05, 0.1) is 10.7 Å². The Labute approximate surface area is 233 Å². The number of aromatic hydroxyl groups is 1. The standard InChI is InChI=1S/C35H18N4O2/c36-18-38-34-30-13-23(21-3-1-20(17-40)2-4-21)7-11-26(30)28-15-33-29(16-32(28)34)27-12-8-24(14-31(27)35(33)39-19-37)22-5-9-25(41)10-6-22/h1-17,41H. The van der Waals surface area contributed by atoms with Crippen molar-refractivity contribution in [2.24, 2.45) is 9.98 Å². The molecule has 41 heavy (non-hydrogen) atoms. The molecule has 0 bridgehead atoms. The number of phenols is 1. The quantitative estimate of drug-likeness (QED) is 0.202. The Kier molecular flexibility index (Phi) is 5.42. The summed E-state index contributed by atoms with van der Waals surface area (Å²) < 4.78 is 0. The lowest BCUT2D eigenvalue weighted by molar-refractivity contribution is 0.112. The monoisotopic (exact) mass is 526 g/mol. The maximum absolute atomic E-state index is 11.1. The molecule has 0 aromatic heterocycles. The lowest BCUT2D eigenvalue weighted by Crippen LogP contribution is -1.99. The molecule has 0 heterocycles. The Morgan fingerprint density at radius 3 is 1.37 bits per heavy atom. The number of aldehydes is 1. The molecular formula is C35H18N4O2. The van der Waals surface area contributed by atoms with Crippen LogP contribution in [0.25, 0.3) is 65.3 Å². The van der Waals surface area contributed by atoms with E-state index in [1.54, 1.807) is 24.3 Å². The van der Waals surface area contributed by atoms with Gasteiger partial charge in [-0.2, -0.15) is 20.5 Å². The van der Waals surface area contributed by atoms with Crippen molar-refractivity contribution in [2.45, 2.75) is 0 Å². The van der Waals surface area contributed by atoms with E-state index in [0.717, 1.165) is 71.6 Å². The van der Waals surface area contributed by atoms with Crippen molar-refractivity contribution >= 4 is 49.4 Å². The molecule has 7 aromatic rings. The molecule has 7 aromatic carbocycles. The van der Waals surface area contributed by atoms with E-state index in [9.17, 15) is 20.4 Å². The minimum absolute atomic E-state index is 0.196. The second-order valence-corrected chi connectivity index (χ2v) is 9.87. The third kappa shape index (κ3) is 3.75. The molecule has 0 aliphatic heterocycles. The fourth-order valence-electron chi connectivity index (χ4n) is 5.79. The fourth-order valence-corrected chi connectivity index (χ4v) is 5.79. The van der Waals surface area contributed by atoms with Crippen molar-refractivity contribution in [3.63, 3.8) is 0 Å². The molecule has 0 saturated heterocycles. The van der Waals surface area contributed by atoms with Gasteiger partial charge in [-0.05, 0) is 80.2 Å². The van der Waals surface area contributed by atoms with E-state index in [2.05, 4.69) is 9.98 Å². The minimum atomic E-state index is 0.196. The number of phenolic OH excluding ortho intramolecular Hbond substituents is 1. The molecular weight excluding hydrogens is 508 g/mol. The van der Waals surface area contributed by atoms with Gasteiger partial charge in [-0.15, -0.1) is 0 Å². The van der Waals surface area contributed by atoms with Crippen LogP contribution in [0.5, 0.6) is 5.75 Å². The zero-order chi connectivity index (χ0) is 28.1. The van der Waals surface area contributed by atoms with Crippen LogP contribution in [0.3, 0.4) is 0 Å². The van der Waals surface area contributed by atoms with E-state index < -0.39 is 0 Å². The highest BCUT2D eigenvalue weighted by molar-refractivity contribution is 6.21. The molecule has 0 spiro atoms. The third-order valence-corrected chi connectivity index (χ3v) is 7.70. The van der Waals surface area contributed by atoms with Crippen molar-refractivity contribution in [1.82, 2.24) is 0 Å². The predicted octanol–water partition coefficient (Wildman–Crippen LogP) is 6.79. The average molecular weight is 527 g/mol. The van der Waals surface area contributed by atoms with Gasteiger partial charge in [0.1, 0.15) is 12.0 Å². The van der Waals surface area contributed by atoms with E-state index >= 15 is 0 Å². The van der Waals surface area contributed by atoms with Gasteiger partial charge >= 0.3 is 0 Å². The Balaban J connectivity index is 1.52. The highest BCUT2D eigenvalue weighted by Gasteiger charge is 2.16. The molecule has 0 saturated carbocycles. The number of nitriles is 2. The molecule has 0 atom stereocenters. The SMILES string of the molecule is N#CN=c1c2cc(-c3ccc(O)cc3)ccc2c2cc3c(=NC#N)c4cc(-c5ccc(C=O)cc5)ccc4c3cc12. The van der Waals surface area contributed by atoms with Crippen LogP contribution >= 0.6 is 0 Å². The Morgan fingerprint density at radius 1 is 0.512 bits per heavy atom. The Morgan fingerprint density at radius 2 is 0.927 bits per heavy atom. The van der Waals surface area contributed by atoms with Crippen molar-refractivity contribution in [3.8, 4) is 40.4 Å². The van der Waals surface area contributed by atoms with Crippen LogP contribution < -0.4 is 10.7 Å². The zero-order valence-electron chi connectivity index (χ0n) is 21.5. The van der Waals surface area contributed by atoms with Gasteiger partial charge in [0.15, 0.2) is 0 Å². The van der Waals surface area contributed by atoms with Crippen molar-refractivity contribution in [3.05, 3.63) is 113 Å². The summed E-state index contributed by atoms with van der Waals surface area (Å²) in [5.74, 6) is 0.196. The summed E-state index contributed by atoms with van der Waals surface area (Å²) in [5, 5.41) is 37.2. The molecule has 1 N–H and O–H groups in total. The second kappa shape index (κ2) is 9.27. The third-order valence-electron chi connectivity index (χ3n) is 7.70. The fraction of sp³-hybridized carbons (Fsp3) is 0. The summed E-state index contributed by atoms with van der Waals surface area (Å²) in [6.45, 7) is 0. The molecule has 0 unspecified atom stereocenters. The molecule has 0 amide bonds. The van der Waals surface area contributed by atoms with Crippen LogP contribution in [0.15, 0.2) is 107 Å². The van der Waals surface area contributed by atoms with Crippen LogP contribution in [0.4, 0.5) is 0 Å². The van der Waals surface area contributed by atoms with Gasteiger partial charge in [-0.3, -0.25) is 4.79 Å². The smallest absolute Gasteiger partial charge is 0.206 e. The number of hydrogen-bond acceptors (Lipinski definition) is 6. The van der Waals surface area contributed by atoms with Gasteiger partial charge in [0.25, 0.3) is 0 Å². The first-order chi connectivity index (χ1) is 20.1. The number of hydrogen-bond donors (Lipinski definition) is 1. The van der Waals surface area contributed by atoms with Crippen LogP contribution in [0.2, 0.25) is 0 Å². The predicted molar refractivity (Wildman–Crippen MR) is 159 cm³/mol. The lowest BCUT2D eigenvalue weighted by atomic mass is 10.0. The van der Waals surface area contributed by atoms with Crippen molar-refractivity contribution < 1.29 is 9.90 Å². The van der Waals surface area contributed by atoms with Gasteiger partial charge < -0.3 is 5.11 Å². The molecule has 6 heteroatoms. The molecule has 0 fully saturated rings. The number of carbonyl (C=O) groups excluding carboxylic acids is 1. The number of carbonyl (C=O) groups is 1. The van der Waals surface area contributed by atoms with E-state index in [0.29, 0.717) is 16.3 Å². The zero-order valence-corrected chi connectivity index (χ0v) is 21.5. The highest BCUT2D eigenvalue weighted by Crippen LogP contribution is 2.35. The highest BCUT2D eigenvalue weighted by atomic mass is 16.3. The lowest BCUT2D eigenvalue weighted by Gasteiger charge is -2.03. The Bertz CT molecular complexity index is 2400. The van der Waals surface area contributed by atoms with E-state index in [-0.39, 0.29) is 5.75 Å².